The molecule has 2 rings (SSSR count). The van der Waals surface area contributed by atoms with Crippen LogP contribution < -0.4 is 37.2 Å². The van der Waals surface area contributed by atoms with Crippen molar-refractivity contribution in [3.8, 4) is 11.5 Å². The van der Waals surface area contributed by atoms with Gasteiger partial charge < -0.3 is 52.5 Å². The number of hydrogen-bond acceptors (Lipinski definition) is 5. The van der Waals surface area contributed by atoms with Crippen LogP contribution >= 0.6 is 0 Å². The van der Waals surface area contributed by atoms with Crippen molar-refractivity contribution in [2.75, 3.05) is 13.1 Å². The minimum Gasteiger partial charge on any atom is -1.00 e. The van der Waals surface area contributed by atoms with Crippen LogP contribution in [0.2, 0.25) is 0 Å². The molecule has 30 heavy (non-hydrogen) atoms. The Morgan fingerprint density at radius 1 is 0.767 bits per heavy atom. The quantitative estimate of drug-likeness (QED) is 0.244. The summed E-state index contributed by atoms with van der Waals surface area (Å²) in [6.07, 6.45) is 5.61. The monoisotopic (exact) mass is 510 g/mol. The van der Waals surface area contributed by atoms with E-state index in [0.717, 1.165) is 11.1 Å². The van der Waals surface area contributed by atoms with Crippen molar-refractivity contribution >= 4 is 24.6 Å². The molecule has 0 fully saturated rings. The molecule has 2 aromatic rings. The molecule has 5 nitrogen and oxygen atoms in total. The molecule has 0 heterocycles. The van der Waals surface area contributed by atoms with Crippen LogP contribution in [-0.2, 0) is 17.1 Å². The van der Waals surface area contributed by atoms with Crippen molar-refractivity contribution in [3.05, 3.63) is 71.8 Å². The minimum atomic E-state index is -0.767. The van der Waals surface area contributed by atoms with Gasteiger partial charge in [-0.3, -0.25) is 9.98 Å². The topological polar surface area (TPSA) is 85.4 Å². The molecule has 0 amide bonds. The second-order valence-electron chi connectivity index (χ2n) is 5.69. The van der Waals surface area contributed by atoms with Gasteiger partial charge in [-0.15, -0.1) is 0 Å². The van der Waals surface area contributed by atoms with Crippen molar-refractivity contribution in [1.82, 2.24) is 0 Å². The average Bonchev–Trinajstić information content (AvgIpc) is 2.64. The Labute approximate surface area is 206 Å². The van der Waals surface area contributed by atoms with Gasteiger partial charge >= 0.3 is 17.1 Å². The zero-order valence-corrected chi connectivity index (χ0v) is 19.4. The van der Waals surface area contributed by atoms with Crippen LogP contribution in [0.1, 0.15) is 22.3 Å². The molecule has 162 valence electrons. The molecule has 0 aliphatic rings. The number of phenols is 2. The van der Waals surface area contributed by atoms with E-state index in [2.05, 4.69) is 23.1 Å². The second kappa shape index (κ2) is 16.9. The summed E-state index contributed by atoms with van der Waals surface area (Å²) in [6.45, 7) is 7.65. The number of hydrogen-bond donors (Lipinski definition) is 3. The number of halogens is 3. The van der Waals surface area contributed by atoms with Gasteiger partial charge in [-0.25, -0.2) is 0 Å². The van der Waals surface area contributed by atoms with E-state index in [1.807, 2.05) is 0 Å². The van der Waals surface area contributed by atoms with E-state index in [1.165, 1.54) is 12.4 Å². The van der Waals surface area contributed by atoms with E-state index in [-0.39, 0.29) is 78.9 Å². The predicted octanol–water partition coefficient (Wildman–Crippen LogP) is -5.71. The van der Waals surface area contributed by atoms with Crippen molar-refractivity contribution < 1.29 is 69.6 Å². The maximum Gasteiger partial charge on any atom is 3.00 e. The number of aromatic hydroxyl groups is 2. The van der Waals surface area contributed by atoms with Gasteiger partial charge in [0.15, 0.2) is 0 Å². The van der Waals surface area contributed by atoms with Crippen molar-refractivity contribution in [3.63, 3.8) is 0 Å². The first-order valence-electron chi connectivity index (χ1n) is 8.12. The van der Waals surface area contributed by atoms with Crippen molar-refractivity contribution in [2.45, 2.75) is 6.10 Å². The zero-order chi connectivity index (χ0) is 18.9. The van der Waals surface area contributed by atoms with Gasteiger partial charge in [-0.2, -0.15) is 0 Å². The molecule has 0 radical (unpaired) electrons. The number of rotatable bonds is 8. The van der Waals surface area contributed by atoms with E-state index in [9.17, 15) is 15.3 Å². The zero-order valence-electron chi connectivity index (χ0n) is 15.9. The Kier molecular flexibility index (Phi) is 18.6. The molecule has 0 bridgehead atoms. The molecular formula is C21H22Cl3MnN2O3. The fourth-order valence-corrected chi connectivity index (χ4v) is 2.21. The Balaban J connectivity index is -0.00000182. The maximum atomic E-state index is 9.96. The van der Waals surface area contributed by atoms with Crippen molar-refractivity contribution in [1.29, 1.82) is 0 Å². The Hall–Kier alpha value is -1.79. The third kappa shape index (κ3) is 10.3. The van der Waals surface area contributed by atoms with E-state index >= 15 is 0 Å². The first kappa shape index (κ1) is 32.9. The molecule has 0 atom stereocenters. The smallest absolute Gasteiger partial charge is 1.00 e. The number of nitrogens with zero attached hydrogens (tertiary/aromatic N) is 2. The average molecular weight is 512 g/mol. The van der Waals surface area contributed by atoms with E-state index in [4.69, 9.17) is 0 Å². The number of benzene rings is 2. The molecule has 0 aromatic heterocycles. The maximum absolute atomic E-state index is 9.96. The van der Waals surface area contributed by atoms with Gasteiger partial charge in [0, 0.05) is 23.6 Å². The van der Waals surface area contributed by atoms with E-state index in [0.29, 0.717) is 11.1 Å². The fraction of sp³-hybridized carbons (Fsp3) is 0.143. The van der Waals surface area contributed by atoms with Crippen molar-refractivity contribution in [2.24, 2.45) is 9.98 Å². The number of aliphatic hydroxyl groups is 1. The Morgan fingerprint density at radius 2 is 1.13 bits per heavy atom. The van der Waals surface area contributed by atoms with Crippen LogP contribution in [0.25, 0.3) is 12.2 Å². The molecule has 0 spiro atoms. The molecule has 9 heteroatoms. The predicted molar refractivity (Wildman–Crippen MR) is 107 cm³/mol. The third-order valence-electron chi connectivity index (χ3n) is 3.67. The Bertz CT molecular complexity index is 792. The summed E-state index contributed by atoms with van der Waals surface area (Å²) >= 11 is 0. The molecule has 0 saturated heterocycles. The Morgan fingerprint density at radius 3 is 1.47 bits per heavy atom. The minimum absolute atomic E-state index is 0. The molecule has 3 N–H and O–H groups in total. The first-order chi connectivity index (χ1) is 12.5. The summed E-state index contributed by atoms with van der Waals surface area (Å²) in [6, 6.07) is 10.2. The summed E-state index contributed by atoms with van der Waals surface area (Å²) < 4.78 is 0. The molecule has 0 aliphatic carbocycles. The van der Waals surface area contributed by atoms with E-state index < -0.39 is 6.10 Å². The standard InChI is InChI=1S/C21H22N2O3.3ClH.Mn/c1-3-15-5-7-20(25)17(9-15)11-22-13-19(24)14-23-12-18-10-16(4-2)6-8-21(18)26;;;;/h3-12,19,24-26H,1-2,13-14H2;3*1H;/q;;;;+3/p-3. The molecule has 0 saturated carbocycles. The van der Waals surface area contributed by atoms with Gasteiger partial charge in [-0.1, -0.05) is 37.4 Å². The van der Waals surface area contributed by atoms with Crippen LogP contribution in [0, 0.1) is 0 Å². The number of phenolic OH excluding ortho intramolecular Hbond substituents is 2. The van der Waals surface area contributed by atoms with Gasteiger partial charge in [0.25, 0.3) is 0 Å². The molecule has 0 aliphatic heterocycles. The van der Waals surface area contributed by atoms with Gasteiger partial charge in [0.1, 0.15) is 11.5 Å². The summed E-state index contributed by atoms with van der Waals surface area (Å²) in [7, 11) is 0. The largest absolute Gasteiger partial charge is 3.00 e. The summed E-state index contributed by atoms with van der Waals surface area (Å²) in [4.78, 5) is 8.29. The number of aliphatic hydroxyl groups excluding tert-OH is 1. The molecule has 0 unspecified atom stereocenters. The van der Waals surface area contributed by atoms with Crippen LogP contribution in [0.5, 0.6) is 11.5 Å². The van der Waals surface area contributed by atoms with Gasteiger partial charge in [0.2, 0.25) is 0 Å². The summed E-state index contributed by atoms with van der Waals surface area (Å²) in [5.41, 5.74) is 2.86. The number of aliphatic imine (C=N–C) groups is 2. The van der Waals surface area contributed by atoms with Crippen LogP contribution in [-0.4, -0.2) is 46.9 Å². The van der Waals surface area contributed by atoms with Gasteiger partial charge in [-0.05, 0) is 35.4 Å². The normalized spacial score (nSPS) is 10.8. The first-order valence-corrected chi connectivity index (χ1v) is 8.12. The SMILES string of the molecule is C=Cc1ccc(O)c(C=NCC(O)CN=Cc2cc(C=C)ccc2O)c1.[Cl-].[Cl-].[Cl-].[Mn+3]. The van der Waals surface area contributed by atoms with Crippen LogP contribution in [0.15, 0.2) is 59.5 Å². The van der Waals surface area contributed by atoms with E-state index in [1.54, 1.807) is 48.6 Å². The summed E-state index contributed by atoms with van der Waals surface area (Å²) in [5, 5.41) is 29.5. The third-order valence-corrected chi connectivity index (χ3v) is 3.67. The van der Waals surface area contributed by atoms with Gasteiger partial charge in [0.05, 0.1) is 19.2 Å². The molecule has 2 aromatic carbocycles. The summed E-state index contributed by atoms with van der Waals surface area (Å²) in [5.74, 6) is 0.230. The van der Waals surface area contributed by atoms with Crippen LogP contribution in [0.3, 0.4) is 0 Å². The van der Waals surface area contributed by atoms with Crippen LogP contribution in [0.4, 0.5) is 0 Å². The second-order valence-corrected chi connectivity index (χ2v) is 5.69. The molecular weight excluding hydrogens is 490 g/mol. The fourth-order valence-electron chi connectivity index (χ4n) is 2.21.